The van der Waals surface area contributed by atoms with Gasteiger partial charge in [0, 0.05) is 31.1 Å². The Bertz CT molecular complexity index is 395. The van der Waals surface area contributed by atoms with Crippen LogP contribution >= 0.6 is 0 Å². The van der Waals surface area contributed by atoms with Crippen molar-refractivity contribution in [2.75, 3.05) is 13.1 Å². The molecule has 2 saturated carbocycles. The van der Waals surface area contributed by atoms with Gasteiger partial charge in [0.25, 0.3) is 0 Å². The quantitative estimate of drug-likeness (QED) is 0.777. The van der Waals surface area contributed by atoms with E-state index in [-0.39, 0.29) is 0 Å². The third-order valence-electron chi connectivity index (χ3n) is 5.09. The minimum Gasteiger partial charge on any atom is -0.313 e. The molecule has 0 amide bonds. The Morgan fingerprint density at radius 2 is 1.48 bits per heavy atom. The average molecular weight is 286 g/mol. The molecule has 0 aliphatic heterocycles. The Labute approximate surface area is 129 Å². The molecule has 21 heavy (non-hydrogen) atoms. The van der Waals surface area contributed by atoms with Gasteiger partial charge in [-0.3, -0.25) is 0 Å². The summed E-state index contributed by atoms with van der Waals surface area (Å²) in [5.41, 5.74) is 1.50. The van der Waals surface area contributed by atoms with Crippen molar-refractivity contribution in [3.8, 4) is 0 Å². The summed E-state index contributed by atoms with van der Waals surface area (Å²) in [6, 6.07) is 12.4. The van der Waals surface area contributed by atoms with E-state index < -0.39 is 0 Å². The average Bonchev–Trinajstić information content (AvgIpc) is 3.26. The summed E-state index contributed by atoms with van der Waals surface area (Å²) < 4.78 is 0. The van der Waals surface area contributed by atoms with Crippen LogP contribution in [0.3, 0.4) is 0 Å². The van der Waals surface area contributed by atoms with E-state index in [1.807, 2.05) is 0 Å². The standard InChI is InChI=1S/C19H30N2/c1-2-7-11-17(12-8-3-1)20-13-14-21-19-15-18(19)16-9-5-4-6-10-16/h4-6,9-10,17-21H,1-3,7-8,11-15H2. The zero-order valence-corrected chi connectivity index (χ0v) is 13.2. The monoisotopic (exact) mass is 286 g/mol. The molecule has 2 nitrogen and oxygen atoms in total. The second-order valence-corrected chi connectivity index (χ2v) is 6.81. The molecule has 0 heterocycles. The second-order valence-electron chi connectivity index (χ2n) is 6.81. The van der Waals surface area contributed by atoms with Crippen LogP contribution in [-0.4, -0.2) is 25.2 Å². The third kappa shape index (κ3) is 4.82. The van der Waals surface area contributed by atoms with Crippen LogP contribution in [0.4, 0.5) is 0 Å². The molecule has 116 valence electrons. The summed E-state index contributed by atoms with van der Waals surface area (Å²) in [5.74, 6) is 0.757. The maximum atomic E-state index is 3.76. The Morgan fingerprint density at radius 1 is 0.810 bits per heavy atom. The fourth-order valence-corrected chi connectivity index (χ4v) is 3.68. The molecule has 0 saturated heterocycles. The van der Waals surface area contributed by atoms with Crippen LogP contribution in [0.2, 0.25) is 0 Å². The van der Waals surface area contributed by atoms with Gasteiger partial charge in [0.2, 0.25) is 0 Å². The van der Waals surface area contributed by atoms with Crippen LogP contribution < -0.4 is 10.6 Å². The molecule has 2 aliphatic carbocycles. The van der Waals surface area contributed by atoms with E-state index in [2.05, 4.69) is 41.0 Å². The molecule has 0 bridgehead atoms. The molecule has 2 atom stereocenters. The zero-order chi connectivity index (χ0) is 14.3. The highest BCUT2D eigenvalue weighted by atomic mass is 15.0. The van der Waals surface area contributed by atoms with Gasteiger partial charge in [-0.05, 0) is 24.8 Å². The van der Waals surface area contributed by atoms with Gasteiger partial charge in [-0.1, -0.05) is 62.4 Å². The molecule has 2 unspecified atom stereocenters. The van der Waals surface area contributed by atoms with Crippen molar-refractivity contribution < 1.29 is 0 Å². The van der Waals surface area contributed by atoms with Gasteiger partial charge in [0.1, 0.15) is 0 Å². The van der Waals surface area contributed by atoms with Crippen molar-refractivity contribution in [2.24, 2.45) is 0 Å². The summed E-state index contributed by atoms with van der Waals surface area (Å²) in [5, 5.41) is 7.47. The first-order valence-electron chi connectivity index (χ1n) is 8.95. The van der Waals surface area contributed by atoms with E-state index in [1.165, 1.54) is 56.9 Å². The Hall–Kier alpha value is -0.860. The molecule has 2 heteroatoms. The van der Waals surface area contributed by atoms with Gasteiger partial charge in [-0.2, -0.15) is 0 Å². The van der Waals surface area contributed by atoms with Crippen LogP contribution in [-0.2, 0) is 0 Å². The van der Waals surface area contributed by atoms with Crippen molar-refractivity contribution in [3.63, 3.8) is 0 Å². The number of hydrogen-bond donors (Lipinski definition) is 2. The highest BCUT2D eigenvalue weighted by molar-refractivity contribution is 5.27. The molecule has 0 spiro atoms. The van der Waals surface area contributed by atoms with E-state index in [0.29, 0.717) is 6.04 Å². The maximum absolute atomic E-state index is 3.76. The topological polar surface area (TPSA) is 24.1 Å². The summed E-state index contributed by atoms with van der Waals surface area (Å²) in [4.78, 5) is 0. The van der Waals surface area contributed by atoms with Crippen LogP contribution in [0, 0.1) is 0 Å². The van der Waals surface area contributed by atoms with Crippen LogP contribution in [0.15, 0.2) is 30.3 Å². The Morgan fingerprint density at radius 3 is 2.24 bits per heavy atom. The minimum atomic E-state index is 0.714. The van der Waals surface area contributed by atoms with Crippen LogP contribution in [0.1, 0.15) is 62.8 Å². The molecule has 1 aromatic rings. The molecule has 1 aromatic carbocycles. The van der Waals surface area contributed by atoms with Crippen molar-refractivity contribution >= 4 is 0 Å². The van der Waals surface area contributed by atoms with Gasteiger partial charge >= 0.3 is 0 Å². The first-order valence-corrected chi connectivity index (χ1v) is 8.95. The predicted molar refractivity (Wildman–Crippen MR) is 89.7 cm³/mol. The lowest BCUT2D eigenvalue weighted by Crippen LogP contribution is -2.36. The van der Waals surface area contributed by atoms with Gasteiger partial charge in [0.15, 0.2) is 0 Å². The summed E-state index contributed by atoms with van der Waals surface area (Å²) >= 11 is 0. The molecular formula is C19H30N2. The van der Waals surface area contributed by atoms with E-state index >= 15 is 0 Å². The number of benzene rings is 1. The van der Waals surface area contributed by atoms with Gasteiger partial charge in [-0.25, -0.2) is 0 Å². The number of hydrogen-bond acceptors (Lipinski definition) is 2. The van der Waals surface area contributed by atoms with Crippen LogP contribution in [0.5, 0.6) is 0 Å². The molecular weight excluding hydrogens is 256 g/mol. The summed E-state index contributed by atoms with van der Waals surface area (Å²) in [6.45, 7) is 2.24. The normalized spacial score (nSPS) is 27.0. The van der Waals surface area contributed by atoms with Gasteiger partial charge in [0.05, 0.1) is 0 Å². The third-order valence-corrected chi connectivity index (χ3v) is 5.09. The smallest absolute Gasteiger partial charge is 0.0143 e. The summed E-state index contributed by atoms with van der Waals surface area (Å²) in [6.07, 6.45) is 11.3. The van der Waals surface area contributed by atoms with Crippen molar-refractivity contribution in [3.05, 3.63) is 35.9 Å². The maximum Gasteiger partial charge on any atom is 0.0143 e. The van der Waals surface area contributed by atoms with E-state index in [4.69, 9.17) is 0 Å². The lowest BCUT2D eigenvalue weighted by Gasteiger charge is -2.21. The fraction of sp³-hybridized carbons (Fsp3) is 0.684. The lowest BCUT2D eigenvalue weighted by molar-refractivity contribution is 0.388. The summed E-state index contributed by atoms with van der Waals surface area (Å²) in [7, 11) is 0. The fourth-order valence-electron chi connectivity index (χ4n) is 3.68. The molecule has 0 radical (unpaired) electrons. The van der Waals surface area contributed by atoms with Crippen molar-refractivity contribution in [1.82, 2.24) is 10.6 Å². The predicted octanol–water partition coefficient (Wildman–Crippen LogP) is 3.83. The Balaban J connectivity index is 1.29. The van der Waals surface area contributed by atoms with Crippen molar-refractivity contribution in [2.45, 2.75) is 69.4 Å². The second kappa shape index (κ2) is 7.95. The minimum absolute atomic E-state index is 0.714. The van der Waals surface area contributed by atoms with E-state index in [1.54, 1.807) is 0 Å². The van der Waals surface area contributed by atoms with Crippen molar-refractivity contribution in [1.29, 1.82) is 0 Å². The van der Waals surface area contributed by atoms with Gasteiger partial charge < -0.3 is 10.6 Å². The molecule has 2 N–H and O–H groups in total. The number of nitrogens with one attached hydrogen (secondary N) is 2. The highest BCUT2D eigenvalue weighted by Gasteiger charge is 2.37. The Kier molecular flexibility index (Phi) is 5.70. The lowest BCUT2D eigenvalue weighted by atomic mass is 9.97. The zero-order valence-electron chi connectivity index (χ0n) is 13.2. The van der Waals surface area contributed by atoms with E-state index in [9.17, 15) is 0 Å². The number of rotatable bonds is 6. The van der Waals surface area contributed by atoms with Crippen LogP contribution in [0.25, 0.3) is 0 Å². The molecule has 3 rings (SSSR count). The molecule has 2 fully saturated rings. The molecule has 2 aliphatic rings. The van der Waals surface area contributed by atoms with Gasteiger partial charge in [-0.15, -0.1) is 0 Å². The van der Waals surface area contributed by atoms with E-state index in [0.717, 1.165) is 25.0 Å². The SMILES string of the molecule is c1ccc(C2CC2NCCNC2CCCCCCC2)cc1. The molecule has 0 aromatic heterocycles. The first-order chi connectivity index (χ1) is 10.4. The first kappa shape index (κ1) is 15.1. The largest absolute Gasteiger partial charge is 0.313 e. The highest BCUT2D eigenvalue weighted by Crippen LogP contribution is 2.40.